The molecule has 0 atom stereocenters. The number of hydrogen-bond acceptors (Lipinski definition) is 3. The molecule has 1 aromatic heterocycles. The lowest BCUT2D eigenvalue weighted by Crippen LogP contribution is -2.25. The topological polar surface area (TPSA) is 56.1 Å². The zero-order valence-electron chi connectivity index (χ0n) is 15.6. The van der Waals surface area contributed by atoms with Crippen LogP contribution in [0.25, 0.3) is 5.69 Å². The first-order chi connectivity index (χ1) is 13.0. The van der Waals surface area contributed by atoms with Crippen molar-refractivity contribution in [1.29, 1.82) is 0 Å². The van der Waals surface area contributed by atoms with Crippen molar-refractivity contribution in [2.75, 3.05) is 7.11 Å². The quantitative estimate of drug-likeness (QED) is 0.699. The highest BCUT2D eigenvalue weighted by Gasteiger charge is 2.16. The minimum absolute atomic E-state index is 0.0346. The SMILES string of the molecule is COc1ccc(CNC(=O)Cc2c(C)nn(-c3ccc(Cl)cc3)c2C)cc1. The molecule has 0 aliphatic carbocycles. The van der Waals surface area contributed by atoms with E-state index in [4.69, 9.17) is 16.3 Å². The maximum atomic E-state index is 12.4. The van der Waals surface area contributed by atoms with E-state index >= 15 is 0 Å². The van der Waals surface area contributed by atoms with Gasteiger partial charge in [-0.2, -0.15) is 5.10 Å². The maximum absolute atomic E-state index is 12.4. The van der Waals surface area contributed by atoms with Crippen LogP contribution in [0.15, 0.2) is 48.5 Å². The van der Waals surface area contributed by atoms with Gasteiger partial charge in [0.05, 0.1) is 24.9 Å². The minimum atomic E-state index is -0.0346. The first-order valence-corrected chi connectivity index (χ1v) is 9.06. The van der Waals surface area contributed by atoms with E-state index in [-0.39, 0.29) is 5.91 Å². The number of benzene rings is 2. The number of aryl methyl sites for hydroxylation is 1. The number of amides is 1. The molecule has 6 heteroatoms. The Morgan fingerprint density at radius 2 is 1.78 bits per heavy atom. The van der Waals surface area contributed by atoms with E-state index in [1.165, 1.54) is 0 Å². The minimum Gasteiger partial charge on any atom is -0.497 e. The standard InChI is InChI=1S/C21H22ClN3O2/c1-14-20(15(2)25(24-14)18-8-6-17(22)7-9-18)12-21(26)23-13-16-4-10-19(27-3)11-5-16/h4-11H,12-13H2,1-3H3,(H,23,26). The molecule has 1 heterocycles. The van der Waals surface area contributed by atoms with Gasteiger partial charge in [-0.1, -0.05) is 23.7 Å². The third kappa shape index (κ3) is 4.49. The van der Waals surface area contributed by atoms with Crippen LogP contribution in [-0.4, -0.2) is 22.8 Å². The van der Waals surface area contributed by atoms with Crippen LogP contribution >= 0.6 is 11.6 Å². The summed E-state index contributed by atoms with van der Waals surface area (Å²) in [5.41, 5.74) is 4.69. The van der Waals surface area contributed by atoms with Crippen LogP contribution in [0, 0.1) is 13.8 Å². The molecule has 27 heavy (non-hydrogen) atoms. The van der Waals surface area contributed by atoms with Gasteiger partial charge in [0, 0.05) is 22.8 Å². The summed E-state index contributed by atoms with van der Waals surface area (Å²) in [6.07, 6.45) is 0.293. The molecule has 0 fully saturated rings. The van der Waals surface area contributed by atoms with Crippen molar-refractivity contribution >= 4 is 17.5 Å². The number of methoxy groups -OCH3 is 1. The zero-order valence-corrected chi connectivity index (χ0v) is 16.4. The van der Waals surface area contributed by atoms with E-state index < -0.39 is 0 Å². The van der Waals surface area contributed by atoms with Gasteiger partial charge in [-0.3, -0.25) is 4.79 Å². The summed E-state index contributed by atoms with van der Waals surface area (Å²) in [5, 5.41) is 8.22. The van der Waals surface area contributed by atoms with Crippen molar-refractivity contribution in [3.8, 4) is 11.4 Å². The van der Waals surface area contributed by atoms with Gasteiger partial charge in [-0.05, 0) is 55.8 Å². The number of carbonyl (C=O) groups excluding carboxylic acids is 1. The molecule has 2 aromatic carbocycles. The molecule has 0 unspecified atom stereocenters. The summed E-state index contributed by atoms with van der Waals surface area (Å²) in [5.74, 6) is 0.763. The fourth-order valence-electron chi connectivity index (χ4n) is 2.93. The third-order valence-corrected chi connectivity index (χ3v) is 4.75. The molecule has 5 nitrogen and oxygen atoms in total. The number of ether oxygens (including phenoxy) is 1. The van der Waals surface area contributed by atoms with Crippen LogP contribution in [0.2, 0.25) is 5.02 Å². The summed E-state index contributed by atoms with van der Waals surface area (Å²) in [7, 11) is 1.63. The molecular weight excluding hydrogens is 362 g/mol. The molecule has 140 valence electrons. The van der Waals surface area contributed by atoms with Gasteiger partial charge in [0.2, 0.25) is 5.91 Å². The number of rotatable bonds is 6. The Morgan fingerprint density at radius 3 is 2.41 bits per heavy atom. The molecule has 3 rings (SSSR count). The highest BCUT2D eigenvalue weighted by Crippen LogP contribution is 2.20. The molecule has 3 aromatic rings. The summed E-state index contributed by atoms with van der Waals surface area (Å²) in [6, 6.07) is 15.1. The second-order valence-electron chi connectivity index (χ2n) is 6.34. The van der Waals surface area contributed by atoms with Gasteiger partial charge in [0.15, 0.2) is 0 Å². The van der Waals surface area contributed by atoms with Crippen LogP contribution in [0.1, 0.15) is 22.5 Å². The van der Waals surface area contributed by atoms with Gasteiger partial charge in [0.25, 0.3) is 0 Å². The predicted molar refractivity (Wildman–Crippen MR) is 107 cm³/mol. The van der Waals surface area contributed by atoms with Gasteiger partial charge in [-0.25, -0.2) is 4.68 Å². The molecule has 0 aliphatic rings. The summed E-state index contributed by atoms with van der Waals surface area (Å²) < 4.78 is 6.99. The first-order valence-electron chi connectivity index (χ1n) is 8.68. The van der Waals surface area contributed by atoms with E-state index in [1.54, 1.807) is 7.11 Å². The van der Waals surface area contributed by atoms with Crippen molar-refractivity contribution in [3.63, 3.8) is 0 Å². The molecule has 0 saturated heterocycles. The Hall–Kier alpha value is -2.79. The highest BCUT2D eigenvalue weighted by atomic mass is 35.5. The van der Waals surface area contributed by atoms with Crippen molar-refractivity contribution in [2.45, 2.75) is 26.8 Å². The Balaban J connectivity index is 1.67. The van der Waals surface area contributed by atoms with Crippen LogP contribution < -0.4 is 10.1 Å². The van der Waals surface area contributed by atoms with Gasteiger partial charge in [-0.15, -0.1) is 0 Å². The fourth-order valence-corrected chi connectivity index (χ4v) is 3.06. The Morgan fingerprint density at radius 1 is 1.11 bits per heavy atom. The van der Waals surface area contributed by atoms with Crippen molar-refractivity contribution < 1.29 is 9.53 Å². The van der Waals surface area contributed by atoms with Crippen molar-refractivity contribution in [1.82, 2.24) is 15.1 Å². The van der Waals surface area contributed by atoms with Crippen LogP contribution in [-0.2, 0) is 17.8 Å². The van der Waals surface area contributed by atoms with Crippen molar-refractivity contribution in [2.24, 2.45) is 0 Å². The fraction of sp³-hybridized carbons (Fsp3) is 0.238. The number of nitrogens with zero attached hydrogens (tertiary/aromatic N) is 2. The van der Waals surface area contributed by atoms with Gasteiger partial charge in [0.1, 0.15) is 5.75 Å². The van der Waals surface area contributed by atoms with Crippen LogP contribution in [0.3, 0.4) is 0 Å². The second-order valence-corrected chi connectivity index (χ2v) is 6.78. The van der Waals surface area contributed by atoms with E-state index in [1.807, 2.05) is 67.1 Å². The lowest BCUT2D eigenvalue weighted by molar-refractivity contribution is -0.120. The maximum Gasteiger partial charge on any atom is 0.224 e. The molecule has 0 bridgehead atoms. The monoisotopic (exact) mass is 383 g/mol. The number of nitrogens with one attached hydrogen (secondary N) is 1. The summed E-state index contributed by atoms with van der Waals surface area (Å²) in [4.78, 5) is 12.4. The number of hydrogen-bond donors (Lipinski definition) is 1. The summed E-state index contributed by atoms with van der Waals surface area (Å²) >= 11 is 5.96. The lowest BCUT2D eigenvalue weighted by atomic mass is 10.1. The second kappa shape index (κ2) is 8.27. The molecular formula is C21H22ClN3O2. The van der Waals surface area contributed by atoms with Gasteiger partial charge < -0.3 is 10.1 Å². The molecule has 0 aliphatic heterocycles. The number of aromatic nitrogens is 2. The lowest BCUT2D eigenvalue weighted by Gasteiger charge is -2.08. The third-order valence-electron chi connectivity index (χ3n) is 4.50. The normalized spacial score (nSPS) is 10.7. The average Bonchev–Trinajstić information content (AvgIpc) is 2.95. The summed E-state index contributed by atoms with van der Waals surface area (Å²) in [6.45, 7) is 4.37. The van der Waals surface area contributed by atoms with Crippen molar-refractivity contribution in [3.05, 3.63) is 76.1 Å². The molecule has 1 N–H and O–H groups in total. The number of halogens is 1. The van der Waals surface area contributed by atoms with E-state index in [2.05, 4.69) is 10.4 Å². The Kier molecular flexibility index (Phi) is 5.81. The van der Waals surface area contributed by atoms with Gasteiger partial charge >= 0.3 is 0 Å². The Bertz CT molecular complexity index is 931. The number of carbonyl (C=O) groups is 1. The molecule has 0 radical (unpaired) electrons. The zero-order chi connectivity index (χ0) is 19.4. The average molecular weight is 384 g/mol. The van der Waals surface area contributed by atoms with E-state index in [0.29, 0.717) is 18.0 Å². The van der Waals surface area contributed by atoms with E-state index in [0.717, 1.165) is 34.0 Å². The highest BCUT2D eigenvalue weighted by molar-refractivity contribution is 6.30. The predicted octanol–water partition coefficient (Wildman–Crippen LogP) is 4.01. The molecule has 0 saturated carbocycles. The molecule has 0 spiro atoms. The smallest absolute Gasteiger partial charge is 0.224 e. The Labute approximate surface area is 163 Å². The van der Waals surface area contributed by atoms with Crippen LogP contribution in [0.5, 0.6) is 5.75 Å². The van der Waals surface area contributed by atoms with Crippen LogP contribution in [0.4, 0.5) is 0 Å². The molecule has 1 amide bonds. The first kappa shape index (κ1) is 19.0. The largest absolute Gasteiger partial charge is 0.497 e. The van der Waals surface area contributed by atoms with E-state index in [9.17, 15) is 4.79 Å².